The number of esters is 1. The van der Waals surface area contributed by atoms with E-state index in [1.807, 2.05) is 13.8 Å². The van der Waals surface area contributed by atoms with Crippen LogP contribution in [0.4, 0.5) is 0 Å². The van der Waals surface area contributed by atoms with Gasteiger partial charge in [-0.15, -0.1) is 0 Å². The zero-order valence-electron chi connectivity index (χ0n) is 16.9. The number of hydrogen-bond donors (Lipinski definition) is 2. The first-order chi connectivity index (χ1) is 14.3. The second kappa shape index (κ2) is 7.40. The van der Waals surface area contributed by atoms with E-state index in [2.05, 4.69) is 0 Å². The summed E-state index contributed by atoms with van der Waals surface area (Å²) in [6.45, 7) is 4.09. The van der Waals surface area contributed by atoms with E-state index in [4.69, 9.17) is 13.9 Å². The van der Waals surface area contributed by atoms with Crippen LogP contribution in [-0.2, 0) is 4.79 Å². The van der Waals surface area contributed by atoms with Crippen molar-refractivity contribution in [3.05, 3.63) is 46.1 Å². The Kier molecular flexibility index (Phi) is 4.89. The number of aromatic hydroxyl groups is 2. The van der Waals surface area contributed by atoms with Crippen LogP contribution in [0, 0.1) is 5.92 Å². The van der Waals surface area contributed by atoms with Gasteiger partial charge in [0.25, 0.3) is 0 Å². The Balaban J connectivity index is 1.98. The van der Waals surface area contributed by atoms with E-state index in [1.54, 1.807) is 12.1 Å². The number of fused-ring (bicyclic) bond motifs is 3. The molecule has 156 valence electrons. The molecule has 7 heteroatoms. The summed E-state index contributed by atoms with van der Waals surface area (Å²) in [6.07, 6.45) is 0.863. The number of hydrogen-bond acceptors (Lipinski definition) is 7. The highest BCUT2D eigenvalue weighted by Gasteiger charge is 2.32. The molecule has 2 aromatic carbocycles. The molecular formula is C23H22O7. The van der Waals surface area contributed by atoms with Crippen molar-refractivity contribution in [1.82, 2.24) is 0 Å². The summed E-state index contributed by atoms with van der Waals surface area (Å²) >= 11 is 0. The van der Waals surface area contributed by atoms with Gasteiger partial charge in [0.05, 0.1) is 13.5 Å². The Morgan fingerprint density at radius 3 is 2.57 bits per heavy atom. The number of carbonyl (C=O) groups is 1. The molecule has 0 spiro atoms. The standard InChI is InChI=1S/C23H22O7/c1-11(2)6-13-8-20(27)29-19-10-16(26)22-15(25)9-18(30-23(22)21(13)19)12-4-5-17(28-3)14(24)7-12/h4-5,7,9-11,13,24,26H,6,8H2,1-3H3. The average Bonchev–Trinajstić information content (AvgIpc) is 2.66. The summed E-state index contributed by atoms with van der Waals surface area (Å²) in [7, 11) is 1.44. The second-order valence-corrected chi connectivity index (χ2v) is 7.88. The quantitative estimate of drug-likeness (QED) is 0.487. The van der Waals surface area contributed by atoms with Gasteiger partial charge in [-0.1, -0.05) is 13.8 Å². The molecule has 1 atom stereocenters. The molecular weight excluding hydrogens is 388 g/mol. The number of methoxy groups -OCH3 is 1. The van der Waals surface area contributed by atoms with Crippen LogP contribution in [0.1, 0.15) is 38.2 Å². The average molecular weight is 410 g/mol. The molecule has 0 saturated heterocycles. The topological polar surface area (TPSA) is 106 Å². The fourth-order valence-corrected chi connectivity index (χ4v) is 4.01. The lowest BCUT2D eigenvalue weighted by atomic mass is 9.84. The Morgan fingerprint density at radius 2 is 1.90 bits per heavy atom. The van der Waals surface area contributed by atoms with Gasteiger partial charge in [-0.05, 0) is 30.5 Å². The van der Waals surface area contributed by atoms with Gasteiger partial charge in [0.2, 0.25) is 0 Å². The minimum Gasteiger partial charge on any atom is -0.507 e. The SMILES string of the molecule is COc1ccc(-c2cc(=O)c3c(O)cc4c(c3o2)C(CC(C)C)CC(=O)O4)cc1O. The molecule has 3 aromatic rings. The summed E-state index contributed by atoms with van der Waals surface area (Å²) < 4.78 is 16.5. The van der Waals surface area contributed by atoms with Crippen molar-refractivity contribution in [2.24, 2.45) is 5.92 Å². The maximum absolute atomic E-state index is 12.9. The van der Waals surface area contributed by atoms with Crippen LogP contribution in [0.5, 0.6) is 23.0 Å². The number of phenolic OH excluding ortho intramolecular Hbond substituents is 2. The normalized spacial score (nSPS) is 15.9. The Bertz CT molecular complexity index is 1210. The molecule has 2 heterocycles. The molecule has 0 bridgehead atoms. The highest BCUT2D eigenvalue weighted by molar-refractivity contribution is 5.92. The van der Waals surface area contributed by atoms with Crippen LogP contribution in [0.25, 0.3) is 22.3 Å². The Labute approximate surface area is 172 Å². The van der Waals surface area contributed by atoms with E-state index in [9.17, 15) is 19.8 Å². The highest BCUT2D eigenvalue weighted by atomic mass is 16.5. The highest BCUT2D eigenvalue weighted by Crippen LogP contribution is 2.45. The Morgan fingerprint density at radius 1 is 1.13 bits per heavy atom. The van der Waals surface area contributed by atoms with E-state index >= 15 is 0 Å². The van der Waals surface area contributed by atoms with Crippen LogP contribution in [-0.4, -0.2) is 23.3 Å². The molecule has 1 unspecified atom stereocenters. The first-order valence-corrected chi connectivity index (χ1v) is 9.70. The van der Waals surface area contributed by atoms with Gasteiger partial charge < -0.3 is 24.1 Å². The van der Waals surface area contributed by atoms with Crippen LogP contribution < -0.4 is 14.9 Å². The molecule has 1 aromatic heterocycles. The van der Waals surface area contributed by atoms with Gasteiger partial charge in [-0.2, -0.15) is 0 Å². The summed E-state index contributed by atoms with van der Waals surface area (Å²) in [5.74, 6) is 0.0320. The van der Waals surface area contributed by atoms with E-state index < -0.39 is 5.43 Å². The Hall–Kier alpha value is -3.48. The van der Waals surface area contributed by atoms with Crippen molar-refractivity contribution < 1.29 is 28.9 Å². The van der Waals surface area contributed by atoms with Crippen molar-refractivity contribution in [3.8, 4) is 34.3 Å². The fraction of sp³-hybridized carbons (Fsp3) is 0.304. The van der Waals surface area contributed by atoms with Gasteiger partial charge in [-0.25, -0.2) is 0 Å². The summed E-state index contributed by atoms with van der Waals surface area (Å²) in [5.41, 5.74) is 0.841. The third kappa shape index (κ3) is 3.36. The molecule has 0 amide bonds. The first-order valence-electron chi connectivity index (χ1n) is 9.70. The minimum atomic E-state index is -0.429. The van der Waals surface area contributed by atoms with Crippen LogP contribution in [0.2, 0.25) is 0 Å². The smallest absolute Gasteiger partial charge is 0.311 e. The third-order valence-electron chi connectivity index (χ3n) is 5.25. The molecule has 4 rings (SSSR count). The van der Waals surface area contributed by atoms with Crippen molar-refractivity contribution in [1.29, 1.82) is 0 Å². The van der Waals surface area contributed by atoms with Gasteiger partial charge in [0, 0.05) is 29.2 Å². The zero-order chi connectivity index (χ0) is 21.6. The number of benzene rings is 2. The van der Waals surface area contributed by atoms with E-state index in [-0.39, 0.29) is 52.3 Å². The van der Waals surface area contributed by atoms with Gasteiger partial charge in [0.1, 0.15) is 28.2 Å². The molecule has 30 heavy (non-hydrogen) atoms. The second-order valence-electron chi connectivity index (χ2n) is 7.88. The van der Waals surface area contributed by atoms with Crippen molar-refractivity contribution in [2.45, 2.75) is 32.6 Å². The van der Waals surface area contributed by atoms with E-state index in [0.717, 1.165) is 0 Å². The predicted octanol–water partition coefficient (Wildman–Crippen LogP) is 4.32. The molecule has 0 fully saturated rings. The summed E-state index contributed by atoms with van der Waals surface area (Å²) in [5, 5.41) is 20.6. The molecule has 0 saturated carbocycles. The zero-order valence-corrected chi connectivity index (χ0v) is 16.9. The predicted molar refractivity (Wildman–Crippen MR) is 110 cm³/mol. The van der Waals surface area contributed by atoms with E-state index in [1.165, 1.54) is 25.3 Å². The summed E-state index contributed by atoms with van der Waals surface area (Å²) in [6, 6.07) is 7.23. The van der Waals surface area contributed by atoms with Crippen LogP contribution in [0.15, 0.2) is 39.5 Å². The lowest BCUT2D eigenvalue weighted by Gasteiger charge is -2.26. The number of rotatable bonds is 4. The van der Waals surface area contributed by atoms with Crippen molar-refractivity contribution in [3.63, 3.8) is 0 Å². The van der Waals surface area contributed by atoms with Gasteiger partial charge in [0.15, 0.2) is 16.9 Å². The number of phenols is 2. The number of carbonyl (C=O) groups excluding carboxylic acids is 1. The molecule has 1 aliphatic heterocycles. The maximum Gasteiger partial charge on any atom is 0.311 e. The van der Waals surface area contributed by atoms with Gasteiger partial charge >= 0.3 is 5.97 Å². The van der Waals surface area contributed by atoms with Crippen LogP contribution in [0.3, 0.4) is 0 Å². The molecule has 2 N–H and O–H groups in total. The lowest BCUT2D eigenvalue weighted by molar-refractivity contribution is -0.136. The number of ether oxygens (including phenoxy) is 2. The largest absolute Gasteiger partial charge is 0.507 e. The third-order valence-corrected chi connectivity index (χ3v) is 5.25. The minimum absolute atomic E-state index is 0.0435. The first kappa shape index (κ1) is 19.8. The van der Waals surface area contributed by atoms with Crippen LogP contribution >= 0.6 is 0 Å². The molecule has 1 aliphatic rings. The fourth-order valence-electron chi connectivity index (χ4n) is 4.01. The molecule has 0 aliphatic carbocycles. The lowest BCUT2D eigenvalue weighted by Crippen LogP contribution is -2.22. The van der Waals surface area contributed by atoms with Crippen molar-refractivity contribution >= 4 is 16.9 Å². The molecule has 7 nitrogen and oxygen atoms in total. The maximum atomic E-state index is 12.9. The monoisotopic (exact) mass is 410 g/mol. The molecule has 0 radical (unpaired) electrons. The van der Waals surface area contributed by atoms with Gasteiger partial charge in [-0.3, -0.25) is 9.59 Å². The summed E-state index contributed by atoms with van der Waals surface area (Å²) in [4.78, 5) is 24.9. The van der Waals surface area contributed by atoms with Crippen molar-refractivity contribution in [2.75, 3.05) is 7.11 Å². The van der Waals surface area contributed by atoms with E-state index in [0.29, 0.717) is 29.2 Å².